The Kier molecular flexibility index (Phi) is 6.63. The Morgan fingerprint density at radius 3 is 2.50 bits per heavy atom. The van der Waals surface area contributed by atoms with Crippen LogP contribution in [-0.2, 0) is 9.59 Å². The monoisotopic (exact) mass is 258 g/mol. The van der Waals surface area contributed by atoms with E-state index in [-0.39, 0.29) is 6.54 Å². The van der Waals surface area contributed by atoms with Gasteiger partial charge in [-0.25, -0.2) is 0 Å². The van der Waals surface area contributed by atoms with Crippen LogP contribution < -0.4 is 16.0 Å². The molecule has 7 heteroatoms. The van der Waals surface area contributed by atoms with E-state index in [4.69, 9.17) is 5.11 Å². The zero-order chi connectivity index (χ0) is 13.4. The molecule has 1 fully saturated rings. The van der Waals surface area contributed by atoms with Crippen LogP contribution in [0.1, 0.15) is 6.92 Å². The highest BCUT2D eigenvalue weighted by atomic mass is 16.3. The number of nitrogens with one attached hydrogen (secondary N) is 3. The first kappa shape index (κ1) is 14.9. The average molecular weight is 258 g/mol. The second-order valence-corrected chi connectivity index (χ2v) is 4.41. The van der Waals surface area contributed by atoms with E-state index >= 15 is 0 Å². The molecule has 4 N–H and O–H groups in total. The molecule has 7 nitrogen and oxygen atoms in total. The van der Waals surface area contributed by atoms with Gasteiger partial charge in [0.1, 0.15) is 0 Å². The van der Waals surface area contributed by atoms with Crippen molar-refractivity contribution in [2.24, 2.45) is 0 Å². The van der Waals surface area contributed by atoms with Crippen molar-refractivity contribution in [2.75, 3.05) is 45.8 Å². The van der Waals surface area contributed by atoms with E-state index in [0.717, 1.165) is 32.7 Å². The number of aliphatic hydroxyl groups excluding tert-OH is 1. The van der Waals surface area contributed by atoms with Gasteiger partial charge in [-0.2, -0.15) is 0 Å². The van der Waals surface area contributed by atoms with Crippen molar-refractivity contribution in [1.82, 2.24) is 20.9 Å². The summed E-state index contributed by atoms with van der Waals surface area (Å²) in [6.45, 7) is 6.69. The first-order valence-electron chi connectivity index (χ1n) is 6.26. The number of nitrogens with zero attached hydrogens (tertiary/aromatic N) is 1. The molecule has 0 aromatic heterocycles. The molecule has 1 aliphatic heterocycles. The predicted molar refractivity (Wildman–Crippen MR) is 67.0 cm³/mol. The Morgan fingerprint density at radius 1 is 1.28 bits per heavy atom. The largest absolute Gasteiger partial charge is 0.392 e. The van der Waals surface area contributed by atoms with Crippen LogP contribution in [0.4, 0.5) is 0 Å². The van der Waals surface area contributed by atoms with Gasteiger partial charge in [0.2, 0.25) is 0 Å². The van der Waals surface area contributed by atoms with Crippen molar-refractivity contribution >= 4 is 11.8 Å². The number of rotatable bonds is 5. The van der Waals surface area contributed by atoms with Crippen molar-refractivity contribution in [2.45, 2.75) is 13.0 Å². The molecule has 0 spiro atoms. The van der Waals surface area contributed by atoms with Gasteiger partial charge in [-0.15, -0.1) is 0 Å². The fourth-order valence-electron chi connectivity index (χ4n) is 1.66. The van der Waals surface area contributed by atoms with Crippen LogP contribution in [0.2, 0.25) is 0 Å². The summed E-state index contributed by atoms with van der Waals surface area (Å²) in [4.78, 5) is 24.9. The highest BCUT2D eigenvalue weighted by Gasteiger charge is 2.14. The second-order valence-electron chi connectivity index (χ2n) is 4.41. The van der Waals surface area contributed by atoms with Crippen LogP contribution in [0.25, 0.3) is 0 Å². The first-order valence-corrected chi connectivity index (χ1v) is 6.26. The summed E-state index contributed by atoms with van der Waals surface area (Å²) in [7, 11) is 0. The fraction of sp³-hybridized carbons (Fsp3) is 0.818. The SMILES string of the molecule is CC(O)CNC(=O)C(=O)NCCN1CCNCC1. The zero-order valence-electron chi connectivity index (χ0n) is 10.7. The van der Waals surface area contributed by atoms with Crippen molar-refractivity contribution in [3.05, 3.63) is 0 Å². The molecule has 0 radical (unpaired) electrons. The summed E-state index contributed by atoms with van der Waals surface area (Å²) in [5.74, 6) is -1.35. The summed E-state index contributed by atoms with van der Waals surface area (Å²) in [6.07, 6.45) is -0.650. The molecule has 1 rings (SSSR count). The van der Waals surface area contributed by atoms with Gasteiger partial charge in [-0.1, -0.05) is 0 Å². The summed E-state index contributed by atoms with van der Waals surface area (Å²) in [5.41, 5.74) is 0. The molecule has 104 valence electrons. The number of hydrogen-bond acceptors (Lipinski definition) is 5. The Balaban J connectivity index is 2.10. The topological polar surface area (TPSA) is 93.7 Å². The third kappa shape index (κ3) is 5.95. The molecule has 1 saturated heterocycles. The lowest BCUT2D eigenvalue weighted by molar-refractivity contribution is -0.139. The molecular weight excluding hydrogens is 236 g/mol. The second kappa shape index (κ2) is 8.02. The third-order valence-electron chi connectivity index (χ3n) is 2.69. The molecule has 2 amide bonds. The van der Waals surface area contributed by atoms with Gasteiger partial charge >= 0.3 is 11.8 Å². The summed E-state index contributed by atoms with van der Waals surface area (Å²) >= 11 is 0. The van der Waals surface area contributed by atoms with Gasteiger partial charge < -0.3 is 21.1 Å². The number of carbonyl (C=O) groups is 2. The standard InChI is InChI=1S/C11H22N4O3/c1-9(16)8-14-11(18)10(17)13-4-7-15-5-2-12-3-6-15/h9,12,16H,2-8H2,1H3,(H,13,17)(H,14,18). The van der Waals surface area contributed by atoms with Crippen molar-refractivity contribution < 1.29 is 14.7 Å². The molecule has 1 aliphatic rings. The molecule has 0 aromatic rings. The Labute approximate surface area is 107 Å². The highest BCUT2D eigenvalue weighted by molar-refractivity contribution is 6.35. The number of aliphatic hydroxyl groups is 1. The lowest BCUT2D eigenvalue weighted by atomic mass is 10.3. The van der Waals surface area contributed by atoms with E-state index in [0.29, 0.717) is 6.54 Å². The molecule has 1 unspecified atom stereocenters. The van der Waals surface area contributed by atoms with Gasteiger partial charge in [0, 0.05) is 45.8 Å². The van der Waals surface area contributed by atoms with Crippen LogP contribution >= 0.6 is 0 Å². The van der Waals surface area contributed by atoms with Crippen molar-refractivity contribution in [1.29, 1.82) is 0 Å². The Hall–Kier alpha value is -1.18. The van der Waals surface area contributed by atoms with E-state index in [9.17, 15) is 9.59 Å². The van der Waals surface area contributed by atoms with Gasteiger partial charge in [-0.3, -0.25) is 14.5 Å². The molecule has 18 heavy (non-hydrogen) atoms. The maximum Gasteiger partial charge on any atom is 0.309 e. The van der Waals surface area contributed by atoms with Crippen LogP contribution in [-0.4, -0.2) is 73.7 Å². The lowest BCUT2D eigenvalue weighted by Gasteiger charge is -2.26. The van der Waals surface area contributed by atoms with Crippen molar-refractivity contribution in [3.63, 3.8) is 0 Å². The van der Waals surface area contributed by atoms with Crippen LogP contribution in [0.15, 0.2) is 0 Å². The smallest absolute Gasteiger partial charge is 0.309 e. The molecule has 1 atom stereocenters. The molecular formula is C11H22N4O3. The molecule has 0 bridgehead atoms. The number of piperazine rings is 1. The van der Waals surface area contributed by atoms with Gasteiger partial charge in [0.05, 0.1) is 6.10 Å². The number of carbonyl (C=O) groups excluding carboxylic acids is 2. The summed E-state index contributed by atoms with van der Waals surface area (Å²) in [6, 6.07) is 0. The van der Waals surface area contributed by atoms with Crippen LogP contribution in [0.3, 0.4) is 0 Å². The average Bonchev–Trinajstić information content (AvgIpc) is 2.37. The fourth-order valence-corrected chi connectivity index (χ4v) is 1.66. The minimum Gasteiger partial charge on any atom is -0.392 e. The molecule has 0 aliphatic carbocycles. The minimum absolute atomic E-state index is 0.0873. The Morgan fingerprint density at radius 2 is 1.89 bits per heavy atom. The molecule has 0 aromatic carbocycles. The van der Waals surface area contributed by atoms with E-state index in [2.05, 4.69) is 20.9 Å². The summed E-state index contributed by atoms with van der Waals surface area (Å²) < 4.78 is 0. The quantitative estimate of drug-likeness (QED) is 0.409. The van der Waals surface area contributed by atoms with Gasteiger partial charge in [0.25, 0.3) is 0 Å². The maximum absolute atomic E-state index is 11.4. The lowest BCUT2D eigenvalue weighted by Crippen LogP contribution is -2.48. The van der Waals surface area contributed by atoms with Crippen LogP contribution in [0, 0.1) is 0 Å². The highest BCUT2D eigenvalue weighted by Crippen LogP contribution is 1.89. The summed E-state index contributed by atoms with van der Waals surface area (Å²) in [5, 5.41) is 17.1. The maximum atomic E-state index is 11.4. The van der Waals surface area contributed by atoms with Crippen LogP contribution in [0.5, 0.6) is 0 Å². The van der Waals surface area contributed by atoms with Gasteiger partial charge in [-0.05, 0) is 6.92 Å². The van der Waals surface area contributed by atoms with E-state index in [1.54, 1.807) is 6.92 Å². The minimum atomic E-state index is -0.698. The van der Waals surface area contributed by atoms with E-state index in [1.807, 2.05) is 0 Å². The number of amides is 2. The normalized spacial score (nSPS) is 18.1. The Bertz CT molecular complexity index is 277. The van der Waals surface area contributed by atoms with Crippen molar-refractivity contribution in [3.8, 4) is 0 Å². The predicted octanol–water partition coefficient (Wildman–Crippen LogP) is -2.50. The van der Waals surface area contributed by atoms with E-state index in [1.165, 1.54) is 0 Å². The third-order valence-corrected chi connectivity index (χ3v) is 2.69. The molecule has 0 saturated carbocycles. The van der Waals surface area contributed by atoms with E-state index < -0.39 is 17.9 Å². The zero-order valence-corrected chi connectivity index (χ0v) is 10.7. The first-order chi connectivity index (χ1) is 8.59. The van der Waals surface area contributed by atoms with Gasteiger partial charge in [0.15, 0.2) is 0 Å². The number of hydrogen-bond donors (Lipinski definition) is 4. The molecule has 1 heterocycles.